The summed E-state index contributed by atoms with van der Waals surface area (Å²) in [6.07, 6.45) is 7.29. The molecule has 8 nitrogen and oxygen atoms in total. The summed E-state index contributed by atoms with van der Waals surface area (Å²) in [6, 6.07) is 2.43. The lowest BCUT2D eigenvalue weighted by Crippen LogP contribution is -2.55. The van der Waals surface area contributed by atoms with E-state index in [1.165, 1.54) is 0 Å². The standard InChI is InChI=1S/C21H27N7O/c1-4-5-18-17(10-22)20(25-19(24-18)16-11-23-26(3)13-16)27-8-9-28(14(2)12-27)21(29)15-6-7-15/h11,13-15H,4-9,12H2,1-3H3/t14-/m1/s1. The largest absolute Gasteiger partial charge is 0.352 e. The van der Waals surface area contributed by atoms with Crippen molar-refractivity contribution in [1.82, 2.24) is 24.6 Å². The van der Waals surface area contributed by atoms with Crippen molar-refractivity contribution < 1.29 is 4.79 Å². The van der Waals surface area contributed by atoms with Gasteiger partial charge in [0.2, 0.25) is 5.91 Å². The van der Waals surface area contributed by atoms with E-state index in [-0.39, 0.29) is 17.9 Å². The maximum Gasteiger partial charge on any atom is 0.226 e. The van der Waals surface area contributed by atoms with Gasteiger partial charge in [-0.25, -0.2) is 9.97 Å². The van der Waals surface area contributed by atoms with E-state index in [0.29, 0.717) is 36.8 Å². The van der Waals surface area contributed by atoms with Crippen LogP contribution in [-0.2, 0) is 18.3 Å². The minimum Gasteiger partial charge on any atom is -0.352 e. The van der Waals surface area contributed by atoms with Crippen LogP contribution in [0.2, 0.25) is 0 Å². The number of rotatable bonds is 5. The molecule has 2 aromatic heterocycles. The van der Waals surface area contributed by atoms with E-state index in [9.17, 15) is 10.1 Å². The van der Waals surface area contributed by atoms with Crippen molar-refractivity contribution in [2.24, 2.45) is 13.0 Å². The van der Waals surface area contributed by atoms with Gasteiger partial charge in [0.1, 0.15) is 11.6 Å². The lowest BCUT2D eigenvalue weighted by Gasteiger charge is -2.41. The van der Waals surface area contributed by atoms with E-state index in [1.807, 2.05) is 18.1 Å². The van der Waals surface area contributed by atoms with Gasteiger partial charge in [-0.3, -0.25) is 9.48 Å². The Labute approximate surface area is 171 Å². The molecule has 4 rings (SSSR count). The Morgan fingerprint density at radius 2 is 2.10 bits per heavy atom. The Hall–Kier alpha value is -2.95. The average molecular weight is 393 g/mol. The van der Waals surface area contributed by atoms with E-state index in [0.717, 1.165) is 36.9 Å². The Morgan fingerprint density at radius 3 is 2.69 bits per heavy atom. The van der Waals surface area contributed by atoms with Crippen LogP contribution in [0.3, 0.4) is 0 Å². The number of aryl methyl sites for hydroxylation is 2. The first kappa shape index (κ1) is 19.4. The van der Waals surface area contributed by atoms with E-state index in [4.69, 9.17) is 4.98 Å². The Kier molecular flexibility index (Phi) is 5.22. The number of nitrogens with zero attached hydrogens (tertiary/aromatic N) is 7. The third-order valence-electron chi connectivity index (χ3n) is 5.66. The van der Waals surface area contributed by atoms with Gasteiger partial charge in [-0.1, -0.05) is 13.3 Å². The number of hydrogen-bond donors (Lipinski definition) is 0. The molecular formula is C21H27N7O. The number of anilines is 1. The van der Waals surface area contributed by atoms with Gasteiger partial charge in [-0.2, -0.15) is 10.4 Å². The fraction of sp³-hybridized carbons (Fsp3) is 0.571. The molecule has 0 spiro atoms. The summed E-state index contributed by atoms with van der Waals surface area (Å²) in [5.74, 6) is 1.78. The molecule has 8 heteroatoms. The minimum absolute atomic E-state index is 0.0924. The van der Waals surface area contributed by atoms with Crippen LogP contribution in [0.25, 0.3) is 11.4 Å². The maximum absolute atomic E-state index is 12.5. The summed E-state index contributed by atoms with van der Waals surface area (Å²) >= 11 is 0. The summed E-state index contributed by atoms with van der Waals surface area (Å²) in [5.41, 5.74) is 2.17. The number of carbonyl (C=O) groups excluding carboxylic acids is 1. The molecule has 0 unspecified atom stereocenters. The van der Waals surface area contributed by atoms with Crippen molar-refractivity contribution in [3.8, 4) is 17.5 Å². The summed E-state index contributed by atoms with van der Waals surface area (Å²) in [4.78, 5) is 26.1. The zero-order chi connectivity index (χ0) is 20.5. The van der Waals surface area contributed by atoms with E-state index in [2.05, 4.69) is 34.9 Å². The highest BCUT2D eigenvalue weighted by atomic mass is 16.2. The monoisotopic (exact) mass is 393 g/mol. The first-order chi connectivity index (χ1) is 14.0. The molecule has 0 bridgehead atoms. The highest BCUT2D eigenvalue weighted by molar-refractivity contribution is 5.81. The number of piperazine rings is 1. The van der Waals surface area contributed by atoms with E-state index < -0.39 is 0 Å². The molecule has 2 aliphatic rings. The highest BCUT2D eigenvalue weighted by Crippen LogP contribution is 2.33. The molecule has 0 N–H and O–H groups in total. The van der Waals surface area contributed by atoms with Crippen LogP contribution < -0.4 is 4.90 Å². The molecule has 1 atom stereocenters. The van der Waals surface area contributed by atoms with Crippen molar-refractivity contribution in [1.29, 1.82) is 5.26 Å². The number of aromatic nitrogens is 4. The summed E-state index contributed by atoms with van der Waals surface area (Å²) in [7, 11) is 1.86. The van der Waals surface area contributed by atoms with Crippen LogP contribution in [0.5, 0.6) is 0 Å². The van der Waals surface area contributed by atoms with Crippen LogP contribution in [0.4, 0.5) is 5.82 Å². The second-order valence-electron chi connectivity index (χ2n) is 8.06. The quantitative estimate of drug-likeness (QED) is 0.773. The van der Waals surface area contributed by atoms with Gasteiger partial charge in [0, 0.05) is 44.8 Å². The molecule has 0 aromatic carbocycles. The molecule has 1 aliphatic heterocycles. The van der Waals surface area contributed by atoms with Crippen molar-refractivity contribution >= 4 is 11.7 Å². The van der Waals surface area contributed by atoms with Crippen molar-refractivity contribution in [3.05, 3.63) is 23.7 Å². The van der Waals surface area contributed by atoms with Gasteiger partial charge in [0.25, 0.3) is 0 Å². The first-order valence-corrected chi connectivity index (χ1v) is 10.4. The number of hydrogen-bond acceptors (Lipinski definition) is 6. The average Bonchev–Trinajstić information content (AvgIpc) is 3.47. The van der Waals surface area contributed by atoms with Crippen LogP contribution in [-0.4, -0.2) is 56.2 Å². The molecule has 3 heterocycles. The predicted octanol–water partition coefficient (Wildman–Crippen LogP) is 2.15. The molecule has 1 amide bonds. The van der Waals surface area contributed by atoms with Crippen LogP contribution in [0.1, 0.15) is 44.4 Å². The topological polar surface area (TPSA) is 90.9 Å². The second-order valence-corrected chi connectivity index (χ2v) is 8.06. The summed E-state index contributed by atoms with van der Waals surface area (Å²) in [6.45, 7) is 6.16. The zero-order valence-electron chi connectivity index (χ0n) is 17.3. The normalized spacial score (nSPS) is 19.3. The Morgan fingerprint density at radius 1 is 1.31 bits per heavy atom. The Balaban J connectivity index is 1.67. The number of amides is 1. The smallest absolute Gasteiger partial charge is 0.226 e. The fourth-order valence-corrected chi connectivity index (χ4v) is 3.96. The van der Waals surface area contributed by atoms with Gasteiger partial charge in [0.15, 0.2) is 11.6 Å². The summed E-state index contributed by atoms with van der Waals surface area (Å²) < 4.78 is 1.72. The molecule has 2 fully saturated rings. The van der Waals surface area contributed by atoms with Crippen LogP contribution in [0.15, 0.2) is 12.4 Å². The second kappa shape index (κ2) is 7.82. The van der Waals surface area contributed by atoms with Gasteiger partial charge < -0.3 is 9.80 Å². The SMILES string of the molecule is CCCc1nc(-c2cnn(C)c2)nc(N2CCN(C(=O)C3CC3)[C@H](C)C2)c1C#N. The van der Waals surface area contributed by atoms with Gasteiger partial charge in [-0.15, -0.1) is 0 Å². The third-order valence-corrected chi connectivity index (χ3v) is 5.66. The van der Waals surface area contributed by atoms with Crippen molar-refractivity contribution in [3.63, 3.8) is 0 Å². The molecule has 1 aliphatic carbocycles. The number of nitriles is 1. The minimum atomic E-state index is 0.0924. The van der Waals surface area contributed by atoms with E-state index >= 15 is 0 Å². The Bertz CT molecular complexity index is 956. The summed E-state index contributed by atoms with van der Waals surface area (Å²) in [5, 5.41) is 14.1. The molecule has 152 valence electrons. The van der Waals surface area contributed by atoms with Gasteiger partial charge >= 0.3 is 0 Å². The van der Waals surface area contributed by atoms with E-state index in [1.54, 1.807) is 10.9 Å². The maximum atomic E-state index is 12.5. The van der Waals surface area contributed by atoms with Crippen molar-refractivity contribution in [2.75, 3.05) is 24.5 Å². The van der Waals surface area contributed by atoms with Crippen molar-refractivity contribution in [2.45, 2.75) is 45.6 Å². The molecular weight excluding hydrogens is 366 g/mol. The fourth-order valence-electron chi connectivity index (χ4n) is 3.96. The molecule has 1 saturated heterocycles. The lowest BCUT2D eigenvalue weighted by atomic mass is 10.1. The molecule has 29 heavy (non-hydrogen) atoms. The molecule has 1 saturated carbocycles. The molecule has 0 radical (unpaired) electrons. The predicted molar refractivity (Wildman–Crippen MR) is 109 cm³/mol. The number of carbonyl (C=O) groups is 1. The first-order valence-electron chi connectivity index (χ1n) is 10.4. The lowest BCUT2D eigenvalue weighted by molar-refractivity contribution is -0.134. The van der Waals surface area contributed by atoms with Gasteiger partial charge in [0.05, 0.1) is 17.5 Å². The third kappa shape index (κ3) is 3.82. The highest BCUT2D eigenvalue weighted by Gasteiger charge is 2.38. The zero-order valence-corrected chi connectivity index (χ0v) is 17.3. The van der Waals surface area contributed by atoms with Crippen LogP contribution >= 0.6 is 0 Å². The molecule has 2 aromatic rings. The van der Waals surface area contributed by atoms with Gasteiger partial charge in [-0.05, 0) is 26.2 Å². The van der Waals surface area contributed by atoms with Crippen LogP contribution in [0, 0.1) is 17.2 Å².